The normalized spacial score (nSPS) is 14.6. The number of amides is 2. The second kappa shape index (κ2) is 14.2. The van der Waals surface area contributed by atoms with Crippen LogP contribution < -0.4 is 14.4 Å². The van der Waals surface area contributed by atoms with E-state index in [0.717, 1.165) is 42.0 Å². The van der Waals surface area contributed by atoms with Crippen molar-refractivity contribution in [3.05, 3.63) is 90.5 Å². The van der Waals surface area contributed by atoms with Crippen molar-refractivity contribution in [1.29, 1.82) is 0 Å². The molecule has 2 amide bonds. The first kappa shape index (κ1) is 30.1. The van der Waals surface area contributed by atoms with Crippen molar-refractivity contribution < 1.29 is 22.7 Å². The van der Waals surface area contributed by atoms with Crippen molar-refractivity contribution in [2.24, 2.45) is 0 Å². The Labute approximate surface area is 243 Å². The van der Waals surface area contributed by atoms with Crippen LogP contribution in [0, 0.1) is 0 Å². The average Bonchev–Trinajstić information content (AvgIpc) is 3.01. The summed E-state index contributed by atoms with van der Waals surface area (Å²) in [5, 5.41) is 3.17. The molecule has 0 aromatic heterocycles. The maximum Gasteiger partial charge on any atom is 0.264 e. The number of carbonyl (C=O) groups is 2. The molecule has 4 rings (SSSR count). The first-order valence-electron chi connectivity index (χ1n) is 14.2. The predicted molar refractivity (Wildman–Crippen MR) is 160 cm³/mol. The molecule has 0 unspecified atom stereocenters. The number of benzene rings is 3. The van der Waals surface area contributed by atoms with E-state index in [1.165, 1.54) is 17.0 Å². The number of rotatable bonds is 12. The Hall–Kier alpha value is -3.85. The molecule has 1 fully saturated rings. The summed E-state index contributed by atoms with van der Waals surface area (Å²) in [5.41, 5.74) is 1.14. The number of carbonyl (C=O) groups excluding carboxylic acids is 2. The third-order valence-electron chi connectivity index (χ3n) is 7.48. The molecule has 3 aromatic carbocycles. The summed E-state index contributed by atoms with van der Waals surface area (Å²) in [7, 11) is -2.51. The van der Waals surface area contributed by atoms with Crippen LogP contribution in [0.15, 0.2) is 89.8 Å². The van der Waals surface area contributed by atoms with E-state index < -0.39 is 28.5 Å². The quantitative estimate of drug-likeness (QED) is 0.321. The maximum atomic E-state index is 14.2. The van der Waals surface area contributed by atoms with Gasteiger partial charge in [-0.05, 0) is 61.2 Å². The van der Waals surface area contributed by atoms with Gasteiger partial charge in [0.1, 0.15) is 18.3 Å². The first-order chi connectivity index (χ1) is 19.8. The summed E-state index contributed by atoms with van der Waals surface area (Å²) >= 11 is 0. The van der Waals surface area contributed by atoms with Gasteiger partial charge in [0.05, 0.1) is 17.7 Å². The maximum absolute atomic E-state index is 14.2. The zero-order valence-electron chi connectivity index (χ0n) is 23.7. The van der Waals surface area contributed by atoms with Gasteiger partial charge >= 0.3 is 0 Å². The molecule has 0 heterocycles. The number of nitrogens with zero attached hydrogens (tertiary/aromatic N) is 2. The first-order valence-corrected chi connectivity index (χ1v) is 15.6. The van der Waals surface area contributed by atoms with Crippen LogP contribution >= 0.6 is 0 Å². The van der Waals surface area contributed by atoms with Crippen LogP contribution in [-0.2, 0) is 26.2 Å². The number of hydrogen-bond donors (Lipinski definition) is 1. The molecule has 0 aliphatic heterocycles. The molecule has 1 aliphatic rings. The van der Waals surface area contributed by atoms with Gasteiger partial charge in [0.2, 0.25) is 11.8 Å². The van der Waals surface area contributed by atoms with Gasteiger partial charge in [-0.15, -0.1) is 0 Å². The number of hydrogen-bond acceptors (Lipinski definition) is 5. The standard InChI is InChI=1S/C32H39N3O5S/c1-3-30(32(37)33-26-15-7-4-8-16-26)34(23-25-14-13-19-28(22-25)40-2)31(36)24-35(27-17-9-5-10-18-27)41(38,39)29-20-11-6-12-21-29/h5-6,9-14,17-22,26,30H,3-4,7-8,15-16,23-24H2,1-2H3,(H,33,37)/t30-/m0/s1. The second-order valence-electron chi connectivity index (χ2n) is 10.3. The highest BCUT2D eigenvalue weighted by molar-refractivity contribution is 7.92. The van der Waals surface area contributed by atoms with Crippen LogP contribution in [0.5, 0.6) is 5.75 Å². The molecule has 41 heavy (non-hydrogen) atoms. The second-order valence-corrected chi connectivity index (χ2v) is 12.2. The molecule has 9 heteroatoms. The van der Waals surface area contributed by atoms with E-state index >= 15 is 0 Å². The minimum atomic E-state index is -4.08. The van der Waals surface area contributed by atoms with E-state index in [1.807, 2.05) is 31.2 Å². The monoisotopic (exact) mass is 577 g/mol. The number of nitrogens with one attached hydrogen (secondary N) is 1. The number of anilines is 1. The van der Waals surface area contributed by atoms with Crippen molar-refractivity contribution in [2.75, 3.05) is 18.0 Å². The fourth-order valence-electron chi connectivity index (χ4n) is 5.27. The van der Waals surface area contributed by atoms with Gasteiger partial charge in [0.25, 0.3) is 10.0 Å². The lowest BCUT2D eigenvalue weighted by Gasteiger charge is -2.34. The van der Waals surface area contributed by atoms with Crippen LogP contribution in [0.1, 0.15) is 51.0 Å². The fraction of sp³-hybridized carbons (Fsp3) is 0.375. The van der Waals surface area contributed by atoms with E-state index in [0.29, 0.717) is 17.9 Å². The minimum absolute atomic E-state index is 0.0816. The molecule has 218 valence electrons. The van der Waals surface area contributed by atoms with Gasteiger partial charge in [-0.25, -0.2) is 8.42 Å². The van der Waals surface area contributed by atoms with Gasteiger partial charge in [0.15, 0.2) is 0 Å². The molecular formula is C32H39N3O5S. The minimum Gasteiger partial charge on any atom is -0.497 e. The molecule has 0 spiro atoms. The van der Waals surface area contributed by atoms with Gasteiger partial charge in [-0.1, -0.05) is 74.7 Å². The lowest BCUT2D eigenvalue weighted by molar-refractivity contribution is -0.140. The highest BCUT2D eigenvalue weighted by Gasteiger charge is 2.34. The number of ether oxygens (including phenoxy) is 1. The Kier molecular flexibility index (Phi) is 10.4. The smallest absolute Gasteiger partial charge is 0.264 e. The van der Waals surface area contributed by atoms with Crippen molar-refractivity contribution >= 4 is 27.5 Å². The zero-order valence-corrected chi connectivity index (χ0v) is 24.6. The summed E-state index contributed by atoms with van der Waals surface area (Å²) in [4.78, 5) is 29.4. The molecule has 1 saturated carbocycles. The topological polar surface area (TPSA) is 96.0 Å². The van der Waals surface area contributed by atoms with Gasteiger partial charge < -0.3 is 15.0 Å². The van der Waals surface area contributed by atoms with Gasteiger partial charge in [0, 0.05) is 12.6 Å². The SMILES string of the molecule is CC[C@@H](C(=O)NC1CCCCC1)N(Cc1cccc(OC)c1)C(=O)CN(c1ccccc1)S(=O)(=O)c1ccccc1. The summed E-state index contributed by atoms with van der Waals surface area (Å²) in [6.07, 6.45) is 5.52. The number of sulfonamides is 1. The Bertz CT molecular complexity index is 1390. The largest absolute Gasteiger partial charge is 0.497 e. The van der Waals surface area contributed by atoms with Gasteiger partial charge in [-0.2, -0.15) is 0 Å². The molecule has 1 aliphatic carbocycles. The van der Waals surface area contributed by atoms with Crippen LogP contribution in [0.4, 0.5) is 5.69 Å². The van der Waals surface area contributed by atoms with Crippen LogP contribution in [-0.4, -0.2) is 50.9 Å². The van der Waals surface area contributed by atoms with E-state index in [9.17, 15) is 18.0 Å². The number of para-hydroxylation sites is 1. The van der Waals surface area contributed by atoms with Crippen LogP contribution in [0.3, 0.4) is 0 Å². The number of methoxy groups -OCH3 is 1. The molecule has 0 saturated heterocycles. The third kappa shape index (κ3) is 7.67. The summed E-state index contributed by atoms with van der Waals surface area (Å²) < 4.78 is 34.2. The third-order valence-corrected chi connectivity index (χ3v) is 9.27. The molecule has 0 radical (unpaired) electrons. The van der Waals surface area contributed by atoms with Crippen LogP contribution in [0.2, 0.25) is 0 Å². The fourth-order valence-corrected chi connectivity index (χ4v) is 6.71. The highest BCUT2D eigenvalue weighted by atomic mass is 32.2. The Morgan fingerprint density at radius 1 is 0.927 bits per heavy atom. The lowest BCUT2D eigenvalue weighted by atomic mass is 9.95. The molecular weight excluding hydrogens is 538 g/mol. The van der Waals surface area contributed by atoms with E-state index in [4.69, 9.17) is 4.74 Å². The van der Waals surface area contributed by atoms with Crippen molar-refractivity contribution in [3.63, 3.8) is 0 Å². The Morgan fingerprint density at radius 2 is 1.59 bits per heavy atom. The van der Waals surface area contributed by atoms with Crippen molar-refractivity contribution in [1.82, 2.24) is 10.2 Å². The molecule has 1 atom stereocenters. The van der Waals surface area contributed by atoms with E-state index in [-0.39, 0.29) is 23.4 Å². The zero-order chi connectivity index (χ0) is 29.2. The summed E-state index contributed by atoms with van der Waals surface area (Å²) in [5.74, 6) is -0.0539. The van der Waals surface area contributed by atoms with Crippen molar-refractivity contribution in [3.8, 4) is 5.75 Å². The van der Waals surface area contributed by atoms with Crippen molar-refractivity contribution in [2.45, 2.75) is 69.0 Å². The van der Waals surface area contributed by atoms with Crippen LogP contribution in [0.25, 0.3) is 0 Å². The Balaban J connectivity index is 1.68. The lowest BCUT2D eigenvalue weighted by Crippen LogP contribution is -2.54. The Morgan fingerprint density at radius 3 is 2.22 bits per heavy atom. The van der Waals surface area contributed by atoms with E-state index in [2.05, 4.69) is 5.32 Å². The van der Waals surface area contributed by atoms with E-state index in [1.54, 1.807) is 55.6 Å². The highest BCUT2D eigenvalue weighted by Crippen LogP contribution is 2.25. The predicted octanol–water partition coefficient (Wildman–Crippen LogP) is 5.15. The molecule has 8 nitrogen and oxygen atoms in total. The summed E-state index contributed by atoms with van der Waals surface area (Å²) in [6, 6.07) is 23.3. The summed E-state index contributed by atoms with van der Waals surface area (Å²) in [6.45, 7) is 1.53. The molecule has 1 N–H and O–H groups in total. The molecule has 0 bridgehead atoms. The molecule has 3 aromatic rings. The average molecular weight is 578 g/mol. The van der Waals surface area contributed by atoms with Gasteiger partial charge in [-0.3, -0.25) is 13.9 Å².